The summed E-state index contributed by atoms with van der Waals surface area (Å²) in [6, 6.07) is 13.9. The molecule has 1 aliphatic heterocycles. The lowest BCUT2D eigenvalue weighted by Crippen LogP contribution is -2.19. The van der Waals surface area contributed by atoms with Gasteiger partial charge in [-0.15, -0.1) is 0 Å². The van der Waals surface area contributed by atoms with E-state index in [0.29, 0.717) is 0 Å². The summed E-state index contributed by atoms with van der Waals surface area (Å²) >= 11 is 0. The second kappa shape index (κ2) is 6.71. The molecule has 0 amide bonds. The number of benzene rings is 2. The van der Waals surface area contributed by atoms with Crippen molar-refractivity contribution < 1.29 is 9.47 Å². The molecule has 0 unspecified atom stereocenters. The van der Waals surface area contributed by atoms with Gasteiger partial charge in [-0.05, 0) is 53.9 Å². The fraction of sp³-hybridized carbons (Fsp3) is 0.333. The molecule has 2 aromatic rings. The number of ether oxygens (including phenoxy) is 2. The molecule has 3 rings (SSSR count). The molecule has 0 atom stereocenters. The molecule has 1 heterocycles. The Morgan fingerprint density at radius 1 is 1.00 bits per heavy atom. The van der Waals surface area contributed by atoms with Crippen LogP contribution in [0, 0.1) is 0 Å². The van der Waals surface area contributed by atoms with Gasteiger partial charge in [0.25, 0.3) is 0 Å². The number of nitrogen functional groups attached to an aromatic ring is 1. The van der Waals surface area contributed by atoms with Crippen LogP contribution in [0.5, 0.6) is 11.5 Å². The topological polar surface area (TPSA) is 47.7 Å². The van der Waals surface area contributed by atoms with Crippen LogP contribution in [0.2, 0.25) is 0 Å². The summed E-state index contributed by atoms with van der Waals surface area (Å²) in [5.74, 6) is 1.82. The van der Waals surface area contributed by atoms with E-state index in [2.05, 4.69) is 17.0 Å². The molecule has 0 aliphatic carbocycles. The average Bonchev–Trinajstić information content (AvgIpc) is 2.95. The third kappa shape index (κ3) is 3.52. The van der Waals surface area contributed by atoms with Gasteiger partial charge in [-0.3, -0.25) is 4.90 Å². The van der Waals surface area contributed by atoms with Gasteiger partial charge in [0.05, 0.1) is 13.7 Å². The molecule has 22 heavy (non-hydrogen) atoms. The molecule has 1 aliphatic rings. The van der Waals surface area contributed by atoms with Gasteiger partial charge in [0.2, 0.25) is 0 Å². The largest absolute Gasteiger partial charge is 0.497 e. The molecular weight excluding hydrogens is 276 g/mol. The summed E-state index contributed by atoms with van der Waals surface area (Å²) in [4.78, 5) is 2.44. The second-order valence-electron chi connectivity index (χ2n) is 5.62. The van der Waals surface area contributed by atoms with E-state index in [1.165, 1.54) is 11.1 Å². The second-order valence-corrected chi connectivity index (χ2v) is 5.62. The summed E-state index contributed by atoms with van der Waals surface area (Å²) in [6.07, 6.45) is 1.01. The molecule has 0 aromatic heterocycles. The van der Waals surface area contributed by atoms with Gasteiger partial charge in [0.1, 0.15) is 11.5 Å². The number of fused-ring (bicyclic) bond motifs is 1. The van der Waals surface area contributed by atoms with Crippen LogP contribution < -0.4 is 15.2 Å². The number of anilines is 1. The fourth-order valence-corrected chi connectivity index (χ4v) is 2.77. The molecule has 4 heteroatoms. The summed E-state index contributed by atoms with van der Waals surface area (Å²) in [5, 5.41) is 0. The standard InChI is InChI=1S/C18H22N2O2/c1-21-18-6-3-14-12-20(13-15(14)11-18)9-2-10-22-17-7-4-16(19)5-8-17/h3-8,11H,2,9-10,12-13,19H2,1H3. The van der Waals surface area contributed by atoms with E-state index in [4.69, 9.17) is 15.2 Å². The molecule has 2 N–H and O–H groups in total. The Morgan fingerprint density at radius 3 is 2.50 bits per heavy atom. The lowest BCUT2D eigenvalue weighted by Gasteiger charge is -2.14. The van der Waals surface area contributed by atoms with Crippen LogP contribution in [0.3, 0.4) is 0 Å². The fourth-order valence-electron chi connectivity index (χ4n) is 2.77. The molecule has 0 saturated carbocycles. The third-order valence-electron chi connectivity index (χ3n) is 3.97. The number of nitrogens with zero attached hydrogens (tertiary/aromatic N) is 1. The van der Waals surface area contributed by atoms with E-state index in [9.17, 15) is 0 Å². The van der Waals surface area contributed by atoms with Crippen molar-refractivity contribution in [3.8, 4) is 11.5 Å². The van der Waals surface area contributed by atoms with Crippen molar-refractivity contribution in [1.82, 2.24) is 4.90 Å². The summed E-state index contributed by atoms with van der Waals surface area (Å²) in [6.45, 7) is 3.77. The smallest absolute Gasteiger partial charge is 0.119 e. The van der Waals surface area contributed by atoms with Crippen molar-refractivity contribution in [3.63, 3.8) is 0 Å². The summed E-state index contributed by atoms with van der Waals surface area (Å²) < 4.78 is 11.0. The molecule has 116 valence electrons. The van der Waals surface area contributed by atoms with Gasteiger partial charge in [-0.2, -0.15) is 0 Å². The Morgan fingerprint density at radius 2 is 1.73 bits per heavy atom. The Balaban J connectivity index is 1.43. The summed E-state index contributed by atoms with van der Waals surface area (Å²) in [7, 11) is 1.71. The van der Waals surface area contributed by atoms with Crippen molar-refractivity contribution in [2.75, 3.05) is 26.0 Å². The van der Waals surface area contributed by atoms with Crippen molar-refractivity contribution in [1.29, 1.82) is 0 Å². The highest BCUT2D eigenvalue weighted by Gasteiger charge is 2.18. The molecule has 0 spiro atoms. The molecule has 4 nitrogen and oxygen atoms in total. The van der Waals surface area contributed by atoms with Crippen molar-refractivity contribution in [3.05, 3.63) is 53.6 Å². The number of methoxy groups -OCH3 is 1. The van der Waals surface area contributed by atoms with Crippen LogP contribution in [0.15, 0.2) is 42.5 Å². The van der Waals surface area contributed by atoms with Crippen molar-refractivity contribution in [2.24, 2.45) is 0 Å². The maximum atomic E-state index is 5.73. The maximum Gasteiger partial charge on any atom is 0.119 e. The Kier molecular flexibility index (Phi) is 4.49. The van der Waals surface area contributed by atoms with E-state index in [-0.39, 0.29) is 0 Å². The van der Waals surface area contributed by atoms with Gasteiger partial charge in [0.15, 0.2) is 0 Å². The molecule has 0 radical (unpaired) electrons. The van der Waals surface area contributed by atoms with E-state index in [0.717, 1.165) is 49.8 Å². The molecule has 0 saturated heterocycles. The SMILES string of the molecule is COc1ccc2c(c1)CN(CCCOc1ccc(N)cc1)C2. The minimum absolute atomic E-state index is 0.722. The van der Waals surface area contributed by atoms with Gasteiger partial charge >= 0.3 is 0 Å². The van der Waals surface area contributed by atoms with E-state index < -0.39 is 0 Å². The Labute approximate surface area is 131 Å². The van der Waals surface area contributed by atoms with Crippen LogP contribution in [0.4, 0.5) is 5.69 Å². The van der Waals surface area contributed by atoms with Gasteiger partial charge in [-0.1, -0.05) is 6.07 Å². The molecular formula is C18H22N2O2. The first kappa shape index (κ1) is 14.7. The zero-order valence-corrected chi connectivity index (χ0v) is 12.9. The maximum absolute atomic E-state index is 5.73. The number of nitrogens with two attached hydrogens (primary N) is 1. The molecule has 0 fully saturated rings. The first-order valence-electron chi connectivity index (χ1n) is 7.61. The third-order valence-corrected chi connectivity index (χ3v) is 3.97. The van der Waals surface area contributed by atoms with E-state index >= 15 is 0 Å². The van der Waals surface area contributed by atoms with Crippen LogP contribution >= 0.6 is 0 Å². The minimum Gasteiger partial charge on any atom is -0.497 e. The number of hydrogen-bond donors (Lipinski definition) is 1. The molecule has 2 aromatic carbocycles. The zero-order valence-electron chi connectivity index (χ0n) is 12.9. The van der Waals surface area contributed by atoms with Crippen molar-refractivity contribution in [2.45, 2.75) is 19.5 Å². The first-order chi connectivity index (χ1) is 10.7. The predicted molar refractivity (Wildman–Crippen MR) is 88.1 cm³/mol. The van der Waals surface area contributed by atoms with Crippen LogP contribution in [0.1, 0.15) is 17.5 Å². The van der Waals surface area contributed by atoms with Crippen molar-refractivity contribution >= 4 is 5.69 Å². The highest BCUT2D eigenvalue weighted by atomic mass is 16.5. The predicted octanol–water partition coefficient (Wildman–Crippen LogP) is 3.06. The van der Waals surface area contributed by atoms with Crippen LogP contribution in [-0.2, 0) is 13.1 Å². The average molecular weight is 298 g/mol. The Bertz CT molecular complexity index is 625. The quantitative estimate of drug-likeness (QED) is 0.658. The van der Waals surface area contributed by atoms with Gasteiger partial charge in [0, 0.05) is 25.3 Å². The summed E-state index contributed by atoms with van der Waals surface area (Å²) in [5.41, 5.74) is 9.19. The highest BCUT2D eigenvalue weighted by molar-refractivity contribution is 5.41. The monoisotopic (exact) mass is 298 g/mol. The lowest BCUT2D eigenvalue weighted by molar-refractivity contribution is 0.238. The number of hydrogen-bond acceptors (Lipinski definition) is 4. The highest BCUT2D eigenvalue weighted by Crippen LogP contribution is 2.26. The zero-order chi connectivity index (χ0) is 15.4. The molecule has 0 bridgehead atoms. The van der Waals surface area contributed by atoms with Crippen LogP contribution in [-0.4, -0.2) is 25.2 Å². The van der Waals surface area contributed by atoms with Gasteiger partial charge in [-0.25, -0.2) is 0 Å². The van der Waals surface area contributed by atoms with Crippen LogP contribution in [0.25, 0.3) is 0 Å². The van der Waals surface area contributed by atoms with Gasteiger partial charge < -0.3 is 15.2 Å². The normalized spacial score (nSPS) is 13.9. The Hall–Kier alpha value is -2.20. The first-order valence-corrected chi connectivity index (χ1v) is 7.61. The lowest BCUT2D eigenvalue weighted by atomic mass is 10.1. The minimum atomic E-state index is 0.722. The van der Waals surface area contributed by atoms with E-state index in [1.807, 2.05) is 30.3 Å². The van der Waals surface area contributed by atoms with E-state index in [1.54, 1.807) is 7.11 Å². The number of rotatable bonds is 6.